The molecule has 0 amide bonds. The molecular formula is C21H25Li. The Hall–Kier alpha value is -0.963. The standard InChI is InChI=1S/C21H25.Li/c1-20(2,3)16-7-9-18-14(12-16)11-15-13-17(21(4,5)6)8-10-19(15)18;/h7-13H,1-6H3;. The summed E-state index contributed by atoms with van der Waals surface area (Å²) in [6.07, 6.45) is 0. The molecule has 0 fully saturated rings. The third-order valence-corrected chi connectivity index (χ3v) is 5.06. The van der Waals surface area contributed by atoms with E-state index in [0.717, 1.165) is 0 Å². The molecule has 2 aromatic rings. The SMILES string of the molecule is [Li][CH]1c2cc(C(C)(C)C)ccc2-c2ccc(C(C)(C)C)cc21. The average molecular weight is 284 g/mol. The molecule has 0 aromatic heterocycles. The van der Waals surface area contributed by atoms with Crippen LogP contribution in [0.5, 0.6) is 0 Å². The molecule has 0 bridgehead atoms. The number of hydrogen-bond acceptors (Lipinski definition) is 0. The zero-order valence-electron chi connectivity index (χ0n) is 15.0. The quantitative estimate of drug-likeness (QED) is 0.559. The van der Waals surface area contributed by atoms with E-state index in [9.17, 15) is 0 Å². The Bertz CT molecular complexity index is 663. The van der Waals surface area contributed by atoms with Crippen molar-refractivity contribution in [2.24, 2.45) is 0 Å². The molecular weight excluding hydrogens is 259 g/mol. The molecule has 0 N–H and O–H groups in total. The molecule has 0 aliphatic heterocycles. The number of hydrogen-bond donors (Lipinski definition) is 0. The van der Waals surface area contributed by atoms with Crippen molar-refractivity contribution in [3.8, 4) is 11.1 Å². The maximum atomic E-state index is 2.43. The van der Waals surface area contributed by atoms with Crippen molar-refractivity contribution >= 4 is 17.7 Å². The van der Waals surface area contributed by atoms with Gasteiger partial charge in [0.05, 0.1) is 0 Å². The van der Waals surface area contributed by atoms with Crippen molar-refractivity contribution < 1.29 is 0 Å². The normalized spacial score (nSPS) is 14.9. The summed E-state index contributed by atoms with van der Waals surface area (Å²) in [4.78, 5) is 0. The van der Waals surface area contributed by atoms with Crippen LogP contribution in [-0.4, -0.2) is 17.7 Å². The summed E-state index contributed by atoms with van der Waals surface area (Å²) in [5, 5.41) is 0. The summed E-state index contributed by atoms with van der Waals surface area (Å²) < 4.78 is 0.495. The van der Waals surface area contributed by atoms with Crippen molar-refractivity contribution in [2.75, 3.05) is 0 Å². The van der Waals surface area contributed by atoms with Crippen molar-refractivity contribution in [3.63, 3.8) is 0 Å². The van der Waals surface area contributed by atoms with Crippen LogP contribution in [0.3, 0.4) is 0 Å². The van der Waals surface area contributed by atoms with Gasteiger partial charge >= 0.3 is 144 Å². The topological polar surface area (TPSA) is 0 Å². The summed E-state index contributed by atoms with van der Waals surface area (Å²) in [6.45, 7) is 13.7. The zero-order chi connectivity index (χ0) is 16.3. The van der Waals surface area contributed by atoms with Gasteiger partial charge in [0.1, 0.15) is 0 Å². The van der Waals surface area contributed by atoms with Crippen LogP contribution < -0.4 is 0 Å². The molecule has 3 rings (SSSR count). The molecule has 0 saturated carbocycles. The monoisotopic (exact) mass is 284 g/mol. The third kappa shape index (κ3) is 2.58. The molecule has 0 unspecified atom stereocenters. The van der Waals surface area contributed by atoms with Gasteiger partial charge in [-0.15, -0.1) is 0 Å². The summed E-state index contributed by atoms with van der Waals surface area (Å²) in [7, 11) is 0. The third-order valence-electron chi connectivity index (χ3n) is 5.06. The van der Waals surface area contributed by atoms with Crippen LogP contribution in [0.4, 0.5) is 0 Å². The summed E-state index contributed by atoms with van der Waals surface area (Å²) in [5.41, 5.74) is 9.12. The van der Waals surface area contributed by atoms with Gasteiger partial charge in [0.15, 0.2) is 0 Å². The number of benzene rings is 2. The van der Waals surface area contributed by atoms with Gasteiger partial charge in [0.2, 0.25) is 0 Å². The molecule has 2 aromatic carbocycles. The summed E-state index contributed by atoms with van der Waals surface area (Å²) in [5.74, 6) is 0. The van der Waals surface area contributed by atoms with E-state index in [4.69, 9.17) is 0 Å². The van der Waals surface area contributed by atoms with Gasteiger partial charge in [-0.2, -0.15) is 0 Å². The van der Waals surface area contributed by atoms with Gasteiger partial charge in [0, 0.05) is 0 Å². The fourth-order valence-corrected chi connectivity index (χ4v) is 3.43. The van der Waals surface area contributed by atoms with Gasteiger partial charge in [-0.3, -0.25) is 0 Å². The van der Waals surface area contributed by atoms with Crippen molar-refractivity contribution in [2.45, 2.75) is 57.0 Å². The van der Waals surface area contributed by atoms with E-state index in [1.54, 1.807) is 0 Å². The van der Waals surface area contributed by atoms with Crippen LogP contribution in [0.1, 0.15) is 68.4 Å². The van der Waals surface area contributed by atoms with Gasteiger partial charge in [-0.25, -0.2) is 0 Å². The fourth-order valence-electron chi connectivity index (χ4n) is 3.43. The molecule has 0 spiro atoms. The van der Waals surface area contributed by atoms with Gasteiger partial charge in [-0.05, 0) is 0 Å². The molecule has 1 aliphatic rings. The minimum absolute atomic E-state index is 0.208. The number of fused-ring (bicyclic) bond motifs is 3. The maximum absolute atomic E-state index is 2.43. The molecule has 0 atom stereocenters. The molecule has 22 heavy (non-hydrogen) atoms. The van der Waals surface area contributed by atoms with Gasteiger partial charge in [-0.1, -0.05) is 0 Å². The summed E-state index contributed by atoms with van der Waals surface area (Å²) >= 11 is 2.35. The Morgan fingerprint density at radius 1 is 0.682 bits per heavy atom. The predicted octanol–water partition coefficient (Wildman–Crippen LogP) is 5.52. The van der Waals surface area contributed by atoms with E-state index in [0.29, 0.717) is 4.59 Å². The number of rotatable bonds is 0. The van der Waals surface area contributed by atoms with E-state index in [-0.39, 0.29) is 10.8 Å². The van der Waals surface area contributed by atoms with Crippen molar-refractivity contribution in [1.82, 2.24) is 0 Å². The fraction of sp³-hybridized carbons (Fsp3) is 0.429. The van der Waals surface area contributed by atoms with Gasteiger partial charge in [0.25, 0.3) is 0 Å². The van der Waals surface area contributed by atoms with Crippen LogP contribution in [0.25, 0.3) is 11.1 Å². The first kappa shape index (κ1) is 15.9. The first-order valence-electron chi connectivity index (χ1n) is 8.38. The van der Waals surface area contributed by atoms with Crippen LogP contribution in [-0.2, 0) is 10.8 Å². The first-order valence-corrected chi connectivity index (χ1v) is 8.38. The van der Waals surface area contributed by atoms with Crippen LogP contribution in [0.2, 0.25) is 0 Å². The van der Waals surface area contributed by atoms with E-state index in [2.05, 4.69) is 95.7 Å². The molecule has 0 radical (unpaired) electrons. The van der Waals surface area contributed by atoms with Crippen molar-refractivity contribution in [3.05, 3.63) is 58.7 Å². The second-order valence-electron chi connectivity index (χ2n) is 8.83. The van der Waals surface area contributed by atoms with E-state index >= 15 is 0 Å². The van der Waals surface area contributed by atoms with Crippen molar-refractivity contribution in [1.29, 1.82) is 0 Å². The van der Waals surface area contributed by atoms with Gasteiger partial charge < -0.3 is 0 Å². The first-order chi connectivity index (χ1) is 10.1. The Labute approximate surface area is 144 Å². The Balaban J connectivity index is 2.13. The summed E-state index contributed by atoms with van der Waals surface area (Å²) in [6, 6.07) is 14.1. The Morgan fingerprint density at radius 2 is 1.05 bits per heavy atom. The van der Waals surface area contributed by atoms with Crippen LogP contribution >= 0.6 is 0 Å². The van der Waals surface area contributed by atoms with Crippen LogP contribution in [0, 0.1) is 0 Å². The minimum atomic E-state index is 0.208. The zero-order valence-corrected chi connectivity index (χ0v) is 15.0. The molecule has 0 saturated heterocycles. The predicted molar refractivity (Wildman–Crippen MR) is 96.9 cm³/mol. The second-order valence-corrected chi connectivity index (χ2v) is 8.83. The molecule has 0 heterocycles. The molecule has 110 valence electrons. The van der Waals surface area contributed by atoms with E-state index < -0.39 is 0 Å². The van der Waals surface area contributed by atoms with E-state index in [1.807, 2.05) is 0 Å². The molecule has 1 heteroatoms. The molecule has 0 nitrogen and oxygen atoms in total. The average Bonchev–Trinajstić information content (AvgIpc) is 2.70. The Kier molecular flexibility index (Phi) is 3.63. The Morgan fingerprint density at radius 3 is 1.36 bits per heavy atom. The molecule has 1 aliphatic carbocycles. The van der Waals surface area contributed by atoms with E-state index in [1.165, 1.54) is 33.4 Å². The van der Waals surface area contributed by atoms with Crippen LogP contribution in [0.15, 0.2) is 36.4 Å². The second kappa shape index (κ2) is 5.02.